The summed E-state index contributed by atoms with van der Waals surface area (Å²) in [5, 5.41) is 2.79. The number of amides is 1. The van der Waals surface area contributed by atoms with Gasteiger partial charge in [0.1, 0.15) is 11.6 Å². The van der Waals surface area contributed by atoms with Gasteiger partial charge >= 0.3 is 0 Å². The molecule has 0 aliphatic heterocycles. The number of nitrogens with two attached hydrogens (primary N) is 3. The second kappa shape index (κ2) is 9.63. The Morgan fingerprint density at radius 2 is 1.97 bits per heavy atom. The number of benzene rings is 1. The van der Waals surface area contributed by atoms with Crippen molar-refractivity contribution in [2.45, 2.75) is 13.8 Å². The summed E-state index contributed by atoms with van der Waals surface area (Å²) in [7, 11) is 1.53. The van der Waals surface area contributed by atoms with Crippen molar-refractivity contribution in [3.63, 3.8) is 0 Å². The second-order valence-electron chi connectivity index (χ2n) is 6.40. The maximum absolute atomic E-state index is 11.9. The number of pyridine rings is 1. The molecule has 0 fully saturated rings. The first kappa shape index (κ1) is 22.5. The predicted octanol–water partition coefficient (Wildman–Crippen LogP) is 2.49. The minimum absolute atomic E-state index is 0.0717. The zero-order valence-electron chi connectivity index (χ0n) is 17.0. The van der Waals surface area contributed by atoms with Crippen LogP contribution < -0.4 is 22.5 Å². The minimum Gasteiger partial charge on any atom is -0.401 e. The number of nitrogens with zero attached hydrogens (tertiary/aromatic N) is 2. The highest BCUT2D eigenvalue weighted by Crippen LogP contribution is 2.21. The molecule has 1 aromatic heterocycles. The Morgan fingerprint density at radius 1 is 1.27 bits per heavy atom. The Labute approximate surface area is 180 Å². The average Bonchev–Trinajstić information content (AvgIpc) is 2.67. The van der Waals surface area contributed by atoms with Crippen LogP contribution in [0.2, 0.25) is 5.02 Å². The topological polar surface area (TPSA) is 132 Å². The van der Waals surface area contributed by atoms with E-state index in [1.165, 1.54) is 7.05 Å². The highest BCUT2D eigenvalue weighted by atomic mass is 35.5. The number of nitrogen functional groups attached to an aromatic ring is 1. The zero-order chi connectivity index (χ0) is 22.4. The summed E-state index contributed by atoms with van der Waals surface area (Å²) in [6, 6.07) is 8.34. The van der Waals surface area contributed by atoms with Crippen molar-refractivity contribution in [3.8, 4) is 11.8 Å². The summed E-state index contributed by atoms with van der Waals surface area (Å²) in [4.78, 5) is 20.4. The molecule has 0 spiro atoms. The molecule has 1 aromatic carbocycles. The summed E-state index contributed by atoms with van der Waals surface area (Å²) >= 11 is 6.30. The average molecular weight is 423 g/mol. The molecule has 2 aromatic rings. The maximum Gasteiger partial charge on any atom is 0.252 e. The highest BCUT2D eigenvalue weighted by molar-refractivity contribution is 6.34. The number of aliphatic imine (C=N–C) groups is 1. The zero-order valence-corrected chi connectivity index (χ0v) is 17.8. The molecule has 1 heterocycles. The third-order valence-corrected chi connectivity index (χ3v) is 4.34. The van der Waals surface area contributed by atoms with Gasteiger partial charge in [0.15, 0.2) is 0 Å². The molecular weight excluding hydrogens is 400 g/mol. The van der Waals surface area contributed by atoms with Crippen molar-refractivity contribution in [2.24, 2.45) is 16.5 Å². The van der Waals surface area contributed by atoms with Crippen LogP contribution in [0.15, 0.2) is 59.0 Å². The van der Waals surface area contributed by atoms with E-state index in [-0.39, 0.29) is 16.8 Å². The van der Waals surface area contributed by atoms with Crippen molar-refractivity contribution in [2.75, 3.05) is 12.8 Å². The monoisotopic (exact) mass is 422 g/mol. The maximum atomic E-state index is 11.9. The lowest BCUT2D eigenvalue weighted by molar-refractivity contribution is 0.0963. The largest absolute Gasteiger partial charge is 0.401 e. The van der Waals surface area contributed by atoms with E-state index in [9.17, 15) is 4.79 Å². The number of aryl methyl sites for hydroxylation is 1. The van der Waals surface area contributed by atoms with Gasteiger partial charge in [0.25, 0.3) is 5.91 Å². The molecule has 7 N–H and O–H groups in total. The summed E-state index contributed by atoms with van der Waals surface area (Å²) in [5.41, 5.74) is 21.1. The first-order valence-electron chi connectivity index (χ1n) is 8.91. The van der Waals surface area contributed by atoms with Crippen LogP contribution in [0.3, 0.4) is 0 Å². The van der Waals surface area contributed by atoms with Crippen LogP contribution in [0, 0.1) is 18.8 Å². The number of halogens is 1. The number of rotatable bonds is 4. The van der Waals surface area contributed by atoms with E-state index in [2.05, 4.69) is 33.7 Å². The van der Waals surface area contributed by atoms with Crippen LogP contribution in [0.1, 0.15) is 34.1 Å². The van der Waals surface area contributed by atoms with Crippen LogP contribution >= 0.6 is 11.6 Å². The Morgan fingerprint density at radius 3 is 2.50 bits per heavy atom. The number of carbonyl (C=O) groups is 1. The van der Waals surface area contributed by atoms with Crippen molar-refractivity contribution >= 4 is 29.0 Å². The molecule has 8 heteroatoms. The molecule has 0 radical (unpaired) electrons. The molecule has 2 rings (SSSR count). The first-order valence-corrected chi connectivity index (χ1v) is 9.28. The number of anilines is 1. The number of carbonyl (C=O) groups excluding carboxylic acids is 1. The van der Waals surface area contributed by atoms with Gasteiger partial charge in [-0.05, 0) is 38.1 Å². The molecule has 7 nitrogen and oxygen atoms in total. The summed E-state index contributed by atoms with van der Waals surface area (Å²) in [6.07, 6.45) is 0. The summed E-state index contributed by atoms with van der Waals surface area (Å²) in [5.74, 6) is 6.27. The quantitative estimate of drug-likeness (QED) is 0.443. The van der Waals surface area contributed by atoms with Gasteiger partial charge in [-0.25, -0.2) is 9.98 Å². The lowest BCUT2D eigenvalue weighted by atomic mass is 9.99. The van der Waals surface area contributed by atoms with Crippen LogP contribution in [-0.4, -0.2) is 23.7 Å². The highest BCUT2D eigenvalue weighted by Gasteiger charge is 2.15. The molecule has 0 aliphatic carbocycles. The third kappa shape index (κ3) is 5.40. The van der Waals surface area contributed by atoms with Gasteiger partial charge in [-0.3, -0.25) is 4.79 Å². The van der Waals surface area contributed by atoms with Crippen LogP contribution in [0.25, 0.3) is 0 Å². The number of allylic oxidation sites excluding steroid dienone is 2. The summed E-state index contributed by atoms with van der Waals surface area (Å²) in [6.45, 7) is 7.16. The molecule has 1 amide bonds. The van der Waals surface area contributed by atoms with E-state index in [0.29, 0.717) is 45.2 Å². The van der Waals surface area contributed by atoms with Gasteiger partial charge < -0.3 is 22.5 Å². The van der Waals surface area contributed by atoms with E-state index in [0.717, 1.165) is 0 Å². The molecule has 154 valence electrons. The Hall–Kier alpha value is -3.76. The van der Waals surface area contributed by atoms with Crippen molar-refractivity contribution < 1.29 is 4.79 Å². The van der Waals surface area contributed by atoms with E-state index in [1.54, 1.807) is 37.3 Å². The van der Waals surface area contributed by atoms with Gasteiger partial charge in [-0.2, -0.15) is 0 Å². The van der Waals surface area contributed by atoms with E-state index in [1.807, 2.05) is 6.92 Å². The smallest absolute Gasteiger partial charge is 0.252 e. The number of hydrogen-bond acceptors (Lipinski definition) is 6. The van der Waals surface area contributed by atoms with Gasteiger partial charge in [0.05, 0.1) is 27.6 Å². The number of nitrogens with one attached hydrogen (secondary N) is 1. The fourth-order valence-corrected chi connectivity index (χ4v) is 2.84. The van der Waals surface area contributed by atoms with Crippen LogP contribution in [0.4, 0.5) is 5.82 Å². The van der Waals surface area contributed by atoms with Gasteiger partial charge in [0, 0.05) is 23.9 Å². The molecule has 30 heavy (non-hydrogen) atoms. The van der Waals surface area contributed by atoms with E-state index >= 15 is 0 Å². The van der Waals surface area contributed by atoms with Crippen molar-refractivity contribution in [1.29, 1.82) is 0 Å². The van der Waals surface area contributed by atoms with Gasteiger partial charge in [-0.1, -0.05) is 36.1 Å². The third-order valence-electron chi connectivity index (χ3n) is 4.03. The number of aromatic nitrogens is 1. The normalized spacial score (nSPS) is 11.8. The number of hydrogen-bond donors (Lipinski definition) is 4. The van der Waals surface area contributed by atoms with Crippen molar-refractivity contribution in [3.05, 3.63) is 81.4 Å². The first-order chi connectivity index (χ1) is 14.1. The lowest BCUT2D eigenvalue weighted by Crippen LogP contribution is -2.19. The van der Waals surface area contributed by atoms with Crippen molar-refractivity contribution in [1.82, 2.24) is 10.3 Å². The molecule has 0 bridgehead atoms. The molecule has 0 atom stereocenters. The van der Waals surface area contributed by atoms with Gasteiger partial charge in [-0.15, -0.1) is 0 Å². The molecule has 0 unspecified atom stereocenters. The Bertz CT molecular complexity index is 1130. The Kier molecular flexibility index (Phi) is 7.23. The fourth-order valence-electron chi connectivity index (χ4n) is 2.58. The summed E-state index contributed by atoms with van der Waals surface area (Å²) < 4.78 is 0. The molecule has 0 aliphatic rings. The van der Waals surface area contributed by atoms with Crippen LogP contribution in [0.5, 0.6) is 0 Å². The minimum atomic E-state index is -0.301. The molecule has 0 saturated heterocycles. The van der Waals surface area contributed by atoms with Gasteiger partial charge in [0.2, 0.25) is 0 Å². The van der Waals surface area contributed by atoms with E-state index < -0.39 is 0 Å². The molecule has 0 saturated carbocycles. The Balaban J connectivity index is 2.61. The molecular formula is C22H23ClN6O. The lowest BCUT2D eigenvalue weighted by Gasteiger charge is -2.11. The van der Waals surface area contributed by atoms with E-state index in [4.69, 9.17) is 28.8 Å². The van der Waals surface area contributed by atoms with Crippen LogP contribution in [-0.2, 0) is 0 Å². The fraction of sp³-hybridized carbons (Fsp3) is 0.136. The SMILES string of the molecule is C=C(N)/N=C(\C(C#Cc1ccc(N)nc1C)=C(\C)N)c1ccc(C(=O)NC)c(Cl)c1. The standard InChI is InChI=1S/C22H23ClN6O/c1-12(24)17(8-5-15-7-10-20(26)28-13(15)2)21(29-14(3)25)16-6-9-18(19(23)11-16)22(30)27-4/h6-7,9-11H,3,24-25H2,1-2,4H3,(H2,26,28)(H,27,30)/b17-12-,29-21-. The predicted molar refractivity (Wildman–Crippen MR) is 122 cm³/mol. The second-order valence-corrected chi connectivity index (χ2v) is 6.81.